The zero-order valence-corrected chi connectivity index (χ0v) is 15.9. The second-order valence-electron chi connectivity index (χ2n) is 5.97. The van der Waals surface area contributed by atoms with Crippen molar-refractivity contribution in [2.45, 2.75) is 36.0 Å². The summed E-state index contributed by atoms with van der Waals surface area (Å²) in [6, 6.07) is 18.0. The van der Waals surface area contributed by atoms with E-state index in [1.165, 1.54) is 0 Å². The highest BCUT2D eigenvalue weighted by atomic mass is 32.2. The lowest BCUT2D eigenvalue weighted by Crippen LogP contribution is -2.15. The highest BCUT2D eigenvalue weighted by Gasteiger charge is 2.12. The molecule has 3 nitrogen and oxygen atoms in total. The lowest BCUT2D eigenvalue weighted by atomic mass is 10.2. The van der Waals surface area contributed by atoms with Crippen LogP contribution in [0.25, 0.3) is 0 Å². The Labute approximate surface area is 156 Å². The Kier molecular flexibility index (Phi) is 5.89. The van der Waals surface area contributed by atoms with Crippen molar-refractivity contribution >= 4 is 34.7 Å². The van der Waals surface area contributed by atoms with Crippen LogP contribution in [0.1, 0.15) is 30.5 Å². The standard InChI is InChI=1S/C20H20N2OS2/c1-14(2)20-21-15(13-24-20)12-19(23)22-17-10-6-7-11-18(17)25-16-8-4-3-5-9-16/h3-11,13-14H,12H2,1-2H3,(H,22,23). The molecule has 25 heavy (non-hydrogen) atoms. The highest BCUT2D eigenvalue weighted by molar-refractivity contribution is 7.99. The molecule has 0 radical (unpaired) electrons. The fraction of sp³-hybridized carbons (Fsp3) is 0.200. The Balaban J connectivity index is 1.68. The molecule has 0 unspecified atom stereocenters. The van der Waals surface area contributed by atoms with Gasteiger partial charge < -0.3 is 5.32 Å². The van der Waals surface area contributed by atoms with Crippen molar-refractivity contribution in [3.63, 3.8) is 0 Å². The quantitative estimate of drug-likeness (QED) is 0.616. The van der Waals surface area contributed by atoms with Crippen molar-refractivity contribution in [2.24, 2.45) is 0 Å². The average molecular weight is 369 g/mol. The second kappa shape index (κ2) is 8.32. The van der Waals surface area contributed by atoms with E-state index in [4.69, 9.17) is 0 Å². The number of hydrogen-bond donors (Lipinski definition) is 1. The Morgan fingerprint density at radius 1 is 1.12 bits per heavy atom. The molecular formula is C20H20N2OS2. The molecule has 0 saturated heterocycles. The normalized spacial score (nSPS) is 10.8. The van der Waals surface area contributed by atoms with Crippen LogP contribution >= 0.6 is 23.1 Å². The Hall–Kier alpha value is -2.11. The molecule has 0 aliphatic carbocycles. The first-order valence-electron chi connectivity index (χ1n) is 8.18. The van der Waals surface area contributed by atoms with Gasteiger partial charge >= 0.3 is 0 Å². The summed E-state index contributed by atoms with van der Waals surface area (Å²) in [5.41, 5.74) is 1.67. The minimum absolute atomic E-state index is 0.0401. The maximum Gasteiger partial charge on any atom is 0.230 e. The van der Waals surface area contributed by atoms with Gasteiger partial charge in [-0.2, -0.15) is 0 Å². The van der Waals surface area contributed by atoms with Gasteiger partial charge in [0.1, 0.15) is 0 Å². The van der Waals surface area contributed by atoms with E-state index in [1.807, 2.05) is 47.8 Å². The largest absolute Gasteiger partial charge is 0.325 e. The molecule has 3 rings (SSSR count). The third-order valence-corrected chi connectivity index (χ3v) is 5.82. The van der Waals surface area contributed by atoms with Crippen LogP contribution < -0.4 is 5.32 Å². The number of nitrogens with zero attached hydrogens (tertiary/aromatic N) is 1. The van der Waals surface area contributed by atoms with Crippen LogP contribution in [0.15, 0.2) is 69.8 Å². The molecule has 0 aliphatic rings. The first-order chi connectivity index (χ1) is 12.1. The Bertz CT molecular complexity index is 844. The first-order valence-corrected chi connectivity index (χ1v) is 9.87. The Morgan fingerprint density at radius 2 is 1.84 bits per heavy atom. The van der Waals surface area contributed by atoms with Crippen LogP contribution in [0, 0.1) is 0 Å². The number of nitrogens with one attached hydrogen (secondary N) is 1. The number of rotatable bonds is 6. The number of carbonyl (C=O) groups excluding carboxylic acids is 1. The minimum Gasteiger partial charge on any atom is -0.325 e. The zero-order valence-electron chi connectivity index (χ0n) is 14.2. The molecule has 5 heteroatoms. The van der Waals surface area contributed by atoms with E-state index in [1.54, 1.807) is 23.1 Å². The lowest BCUT2D eigenvalue weighted by Gasteiger charge is -2.10. The molecule has 1 N–H and O–H groups in total. The molecule has 0 spiro atoms. The van der Waals surface area contributed by atoms with E-state index in [0.29, 0.717) is 12.3 Å². The Morgan fingerprint density at radius 3 is 2.56 bits per heavy atom. The van der Waals surface area contributed by atoms with Gasteiger partial charge in [0.15, 0.2) is 0 Å². The van der Waals surface area contributed by atoms with Gasteiger partial charge in [-0.05, 0) is 24.3 Å². The molecule has 0 fully saturated rings. The number of anilines is 1. The number of thiazole rings is 1. The molecule has 0 bridgehead atoms. The molecule has 1 aromatic heterocycles. The van der Waals surface area contributed by atoms with Crippen molar-refractivity contribution in [3.05, 3.63) is 70.7 Å². The second-order valence-corrected chi connectivity index (χ2v) is 7.97. The summed E-state index contributed by atoms with van der Waals surface area (Å²) in [6.07, 6.45) is 0.299. The van der Waals surface area contributed by atoms with Crippen molar-refractivity contribution in [3.8, 4) is 0 Å². The van der Waals surface area contributed by atoms with Crippen molar-refractivity contribution < 1.29 is 4.79 Å². The SMILES string of the molecule is CC(C)c1nc(CC(=O)Nc2ccccc2Sc2ccccc2)cs1. The lowest BCUT2D eigenvalue weighted by molar-refractivity contribution is -0.115. The average Bonchev–Trinajstić information content (AvgIpc) is 3.06. The molecule has 128 valence electrons. The van der Waals surface area contributed by atoms with Gasteiger partial charge in [-0.25, -0.2) is 4.98 Å². The van der Waals surface area contributed by atoms with Gasteiger partial charge in [0, 0.05) is 21.1 Å². The molecule has 0 saturated carbocycles. The summed E-state index contributed by atoms with van der Waals surface area (Å²) in [5, 5.41) is 6.07. The van der Waals surface area contributed by atoms with Crippen molar-refractivity contribution in [1.82, 2.24) is 4.98 Å². The number of hydrogen-bond acceptors (Lipinski definition) is 4. The molecule has 0 atom stereocenters. The van der Waals surface area contributed by atoms with Gasteiger partial charge in [0.25, 0.3) is 0 Å². The number of benzene rings is 2. The van der Waals surface area contributed by atoms with Crippen molar-refractivity contribution in [2.75, 3.05) is 5.32 Å². The molecule has 1 amide bonds. The molecule has 3 aromatic rings. The van der Waals surface area contributed by atoms with Gasteiger partial charge in [-0.3, -0.25) is 4.79 Å². The predicted molar refractivity (Wildman–Crippen MR) is 106 cm³/mol. The van der Waals surface area contributed by atoms with E-state index >= 15 is 0 Å². The number of carbonyl (C=O) groups is 1. The molecule has 2 aromatic carbocycles. The van der Waals surface area contributed by atoms with Crippen LogP contribution in [0.4, 0.5) is 5.69 Å². The van der Waals surface area contributed by atoms with Gasteiger partial charge in [-0.15, -0.1) is 11.3 Å². The van der Waals surface area contributed by atoms with Crippen LogP contribution in [0.5, 0.6) is 0 Å². The van der Waals surface area contributed by atoms with Crippen LogP contribution in [-0.4, -0.2) is 10.9 Å². The monoisotopic (exact) mass is 368 g/mol. The number of para-hydroxylation sites is 1. The van der Waals surface area contributed by atoms with E-state index in [2.05, 4.69) is 36.3 Å². The minimum atomic E-state index is -0.0401. The maximum atomic E-state index is 12.4. The van der Waals surface area contributed by atoms with E-state index in [9.17, 15) is 4.79 Å². The maximum absolute atomic E-state index is 12.4. The van der Waals surface area contributed by atoms with Crippen LogP contribution in [-0.2, 0) is 11.2 Å². The van der Waals surface area contributed by atoms with E-state index < -0.39 is 0 Å². The van der Waals surface area contributed by atoms with E-state index in [0.717, 1.165) is 26.2 Å². The first kappa shape index (κ1) is 17.7. The molecule has 1 heterocycles. The highest BCUT2D eigenvalue weighted by Crippen LogP contribution is 2.33. The third kappa shape index (κ3) is 4.94. The zero-order chi connectivity index (χ0) is 17.6. The predicted octanol–water partition coefficient (Wildman–Crippen LogP) is 5.60. The summed E-state index contributed by atoms with van der Waals surface area (Å²) in [7, 11) is 0. The summed E-state index contributed by atoms with van der Waals surface area (Å²) >= 11 is 3.26. The summed E-state index contributed by atoms with van der Waals surface area (Å²) in [6.45, 7) is 4.22. The van der Waals surface area contributed by atoms with Crippen LogP contribution in [0.3, 0.4) is 0 Å². The van der Waals surface area contributed by atoms with E-state index in [-0.39, 0.29) is 5.91 Å². The van der Waals surface area contributed by atoms with Gasteiger partial charge in [0.2, 0.25) is 5.91 Å². The fourth-order valence-corrected chi connectivity index (χ4v) is 4.06. The van der Waals surface area contributed by atoms with Crippen LogP contribution in [0.2, 0.25) is 0 Å². The summed E-state index contributed by atoms with van der Waals surface area (Å²) < 4.78 is 0. The fourth-order valence-electron chi connectivity index (χ4n) is 2.30. The molecular weight excluding hydrogens is 348 g/mol. The summed E-state index contributed by atoms with van der Waals surface area (Å²) in [5.74, 6) is 0.353. The number of aromatic nitrogens is 1. The van der Waals surface area contributed by atoms with Crippen molar-refractivity contribution in [1.29, 1.82) is 0 Å². The molecule has 0 aliphatic heterocycles. The van der Waals surface area contributed by atoms with Gasteiger partial charge in [0.05, 0.1) is 22.8 Å². The smallest absolute Gasteiger partial charge is 0.230 e. The summed E-state index contributed by atoms with van der Waals surface area (Å²) in [4.78, 5) is 19.1. The number of amides is 1. The van der Waals surface area contributed by atoms with Gasteiger partial charge in [-0.1, -0.05) is 55.9 Å². The third-order valence-electron chi connectivity index (χ3n) is 3.54. The topological polar surface area (TPSA) is 42.0 Å².